The van der Waals surface area contributed by atoms with E-state index in [1.807, 2.05) is 6.07 Å². The Hall–Kier alpha value is 0.104. The monoisotopic (exact) mass is 384 g/mol. The summed E-state index contributed by atoms with van der Waals surface area (Å²) >= 11 is 0. The molecule has 0 atom stereocenters. The van der Waals surface area contributed by atoms with Gasteiger partial charge in [-0.15, -0.1) is 18.2 Å². The minimum Gasteiger partial charge on any atom is -0.350 e. The molecule has 1 aliphatic heterocycles. The summed E-state index contributed by atoms with van der Waals surface area (Å²) in [7, 11) is 0. The molecule has 2 fully saturated rings. The molecule has 1 saturated heterocycles. The Labute approximate surface area is 155 Å². The van der Waals surface area contributed by atoms with Gasteiger partial charge in [-0.3, -0.25) is 0 Å². The molecule has 1 aromatic rings. The summed E-state index contributed by atoms with van der Waals surface area (Å²) in [5.74, 6) is 0.436. The maximum Gasteiger partial charge on any atom is 0.162 e. The standard InChI is InChI=1S/C17H21F2O2.Y/c1-11-2-4-12(5-3-11)14-9-20-17(21-10-14)13-6-15(18)8-16(19)7-13;/h6-7,11-12,14,17H,2-5,9-10H2,1H3;/q-1;. The zero-order valence-electron chi connectivity index (χ0n) is 12.9. The minimum absolute atomic E-state index is 0. The molecule has 1 radical (unpaired) electrons. The van der Waals surface area contributed by atoms with E-state index in [0.29, 0.717) is 30.6 Å². The fraction of sp³-hybridized carbons (Fsp3) is 0.647. The predicted molar refractivity (Wildman–Crippen MR) is 74.5 cm³/mol. The van der Waals surface area contributed by atoms with E-state index in [-0.39, 0.29) is 32.7 Å². The molecule has 1 aromatic carbocycles. The number of benzene rings is 1. The molecular weight excluding hydrogens is 363 g/mol. The Balaban J connectivity index is 0.00000176. The van der Waals surface area contributed by atoms with Gasteiger partial charge >= 0.3 is 0 Å². The molecule has 22 heavy (non-hydrogen) atoms. The molecule has 5 heteroatoms. The first-order valence-corrected chi connectivity index (χ1v) is 7.73. The van der Waals surface area contributed by atoms with Gasteiger partial charge in [0.2, 0.25) is 0 Å². The second-order valence-electron chi connectivity index (χ2n) is 6.39. The first-order chi connectivity index (χ1) is 10.1. The molecule has 119 valence electrons. The zero-order valence-corrected chi connectivity index (χ0v) is 15.7. The van der Waals surface area contributed by atoms with Crippen LogP contribution in [0.1, 0.15) is 44.5 Å². The van der Waals surface area contributed by atoms with Crippen molar-refractivity contribution in [2.75, 3.05) is 13.2 Å². The van der Waals surface area contributed by atoms with Gasteiger partial charge in [-0.25, -0.2) is 8.78 Å². The maximum atomic E-state index is 13.2. The van der Waals surface area contributed by atoms with Crippen LogP contribution < -0.4 is 0 Å². The summed E-state index contributed by atoms with van der Waals surface area (Å²) in [6.45, 7) is 3.51. The third-order valence-corrected chi connectivity index (χ3v) is 4.75. The number of halogens is 2. The van der Waals surface area contributed by atoms with Crippen LogP contribution in [0.4, 0.5) is 8.78 Å². The van der Waals surface area contributed by atoms with Gasteiger partial charge in [0.05, 0.1) is 13.2 Å². The smallest absolute Gasteiger partial charge is 0.162 e. The molecule has 2 aliphatic rings. The molecular formula is C17H21F2O2Y-. The van der Waals surface area contributed by atoms with Crippen molar-refractivity contribution in [2.24, 2.45) is 17.8 Å². The van der Waals surface area contributed by atoms with Gasteiger partial charge in [-0.1, -0.05) is 25.3 Å². The molecule has 2 nitrogen and oxygen atoms in total. The Morgan fingerprint density at radius 2 is 1.50 bits per heavy atom. The Bertz CT molecular complexity index is 461. The van der Waals surface area contributed by atoms with Crippen molar-refractivity contribution in [1.29, 1.82) is 0 Å². The van der Waals surface area contributed by atoms with E-state index >= 15 is 0 Å². The fourth-order valence-electron chi connectivity index (χ4n) is 3.40. The van der Waals surface area contributed by atoms with E-state index in [2.05, 4.69) is 6.92 Å². The topological polar surface area (TPSA) is 18.5 Å². The Morgan fingerprint density at radius 1 is 0.955 bits per heavy atom. The SMILES string of the molecule is CC1CCC(C2COC(c3cc(F)[c-]c(F)c3)OC2)CC1.[Y]. The minimum atomic E-state index is -0.722. The van der Waals surface area contributed by atoms with Crippen LogP contribution in [-0.2, 0) is 42.2 Å². The number of hydrogen-bond donors (Lipinski definition) is 0. The Kier molecular flexibility index (Phi) is 6.94. The molecule has 0 bridgehead atoms. The van der Waals surface area contributed by atoms with Gasteiger partial charge in [0.25, 0.3) is 0 Å². The summed E-state index contributed by atoms with van der Waals surface area (Å²) in [6.07, 6.45) is 4.34. The summed E-state index contributed by atoms with van der Waals surface area (Å²) in [6, 6.07) is 4.41. The molecule has 1 saturated carbocycles. The number of ether oxygens (including phenoxy) is 2. The molecule has 1 heterocycles. The van der Waals surface area contributed by atoms with Crippen LogP contribution in [0, 0.1) is 35.5 Å². The van der Waals surface area contributed by atoms with E-state index in [0.717, 1.165) is 5.92 Å². The predicted octanol–water partition coefficient (Wildman–Crippen LogP) is 4.25. The maximum absolute atomic E-state index is 13.2. The second kappa shape index (κ2) is 8.28. The van der Waals surface area contributed by atoms with Crippen LogP contribution in [0.3, 0.4) is 0 Å². The largest absolute Gasteiger partial charge is 0.350 e. The van der Waals surface area contributed by atoms with E-state index in [1.165, 1.54) is 37.8 Å². The van der Waals surface area contributed by atoms with Crippen molar-refractivity contribution in [1.82, 2.24) is 0 Å². The number of rotatable bonds is 2. The van der Waals surface area contributed by atoms with E-state index in [4.69, 9.17) is 9.47 Å². The van der Waals surface area contributed by atoms with Crippen LogP contribution >= 0.6 is 0 Å². The van der Waals surface area contributed by atoms with E-state index in [1.54, 1.807) is 0 Å². The van der Waals surface area contributed by atoms with Crippen molar-refractivity contribution >= 4 is 0 Å². The molecule has 0 unspecified atom stereocenters. The molecule has 0 aromatic heterocycles. The van der Waals surface area contributed by atoms with E-state index < -0.39 is 17.9 Å². The van der Waals surface area contributed by atoms with Crippen LogP contribution in [0.15, 0.2) is 12.1 Å². The molecule has 1 aliphatic carbocycles. The third-order valence-electron chi connectivity index (χ3n) is 4.75. The summed E-state index contributed by atoms with van der Waals surface area (Å²) in [5, 5.41) is 0. The first-order valence-electron chi connectivity index (χ1n) is 7.73. The number of hydrogen-bond acceptors (Lipinski definition) is 2. The molecule has 0 amide bonds. The Morgan fingerprint density at radius 3 is 2.05 bits per heavy atom. The van der Waals surface area contributed by atoms with Crippen LogP contribution in [0.2, 0.25) is 0 Å². The van der Waals surface area contributed by atoms with Crippen molar-refractivity contribution < 1.29 is 51.0 Å². The van der Waals surface area contributed by atoms with Crippen molar-refractivity contribution in [3.63, 3.8) is 0 Å². The first kappa shape index (κ1) is 18.4. The molecule has 0 spiro atoms. The van der Waals surface area contributed by atoms with Gasteiger partial charge in [0, 0.05) is 50.3 Å². The van der Waals surface area contributed by atoms with Gasteiger partial charge in [-0.05, 0) is 24.7 Å². The van der Waals surface area contributed by atoms with Crippen molar-refractivity contribution in [3.05, 3.63) is 35.4 Å². The quantitative estimate of drug-likeness (QED) is 0.710. The average molecular weight is 384 g/mol. The van der Waals surface area contributed by atoms with E-state index in [9.17, 15) is 8.78 Å². The third kappa shape index (κ3) is 4.56. The molecule has 0 N–H and O–H groups in total. The van der Waals surface area contributed by atoms with Gasteiger partial charge < -0.3 is 9.47 Å². The average Bonchev–Trinajstić information content (AvgIpc) is 2.47. The van der Waals surface area contributed by atoms with Crippen LogP contribution in [-0.4, -0.2) is 13.2 Å². The van der Waals surface area contributed by atoms with Gasteiger partial charge in [0.15, 0.2) is 6.29 Å². The van der Waals surface area contributed by atoms with Crippen LogP contribution in [0.5, 0.6) is 0 Å². The summed E-state index contributed by atoms with van der Waals surface area (Å²) in [5.41, 5.74) is 0.388. The van der Waals surface area contributed by atoms with Gasteiger partial charge in [0.1, 0.15) is 0 Å². The summed E-state index contributed by atoms with van der Waals surface area (Å²) < 4.78 is 37.8. The summed E-state index contributed by atoms with van der Waals surface area (Å²) in [4.78, 5) is 0. The van der Waals surface area contributed by atoms with Crippen molar-refractivity contribution in [2.45, 2.75) is 38.9 Å². The van der Waals surface area contributed by atoms with Crippen LogP contribution in [0.25, 0.3) is 0 Å². The normalized spacial score (nSPS) is 32.3. The fourth-order valence-corrected chi connectivity index (χ4v) is 3.40. The van der Waals surface area contributed by atoms with Crippen molar-refractivity contribution in [3.8, 4) is 0 Å². The second-order valence-corrected chi connectivity index (χ2v) is 6.39. The molecule has 3 rings (SSSR count). The van der Waals surface area contributed by atoms with Gasteiger partial charge in [-0.2, -0.15) is 0 Å². The zero-order chi connectivity index (χ0) is 14.8.